The Morgan fingerprint density at radius 1 is 1.09 bits per heavy atom. The Morgan fingerprint density at radius 3 is 2.50 bits per heavy atom. The third-order valence-electron chi connectivity index (χ3n) is 7.24. The molecule has 2 atom stereocenters. The normalized spacial score (nSPS) is 21.0. The van der Waals surface area contributed by atoms with Crippen LogP contribution in [0, 0.1) is 5.41 Å². The van der Waals surface area contributed by atoms with Gasteiger partial charge in [0, 0.05) is 13.0 Å². The van der Waals surface area contributed by atoms with Crippen molar-refractivity contribution in [3.63, 3.8) is 0 Å². The molecule has 2 N–H and O–H groups in total. The van der Waals surface area contributed by atoms with Crippen molar-refractivity contribution in [2.24, 2.45) is 11.1 Å². The van der Waals surface area contributed by atoms with Gasteiger partial charge in [0.05, 0.1) is 25.9 Å². The molecule has 6 heteroatoms. The molecule has 2 fully saturated rings. The Balaban J connectivity index is 1.62. The number of amides is 1. The number of ether oxygens (including phenoxy) is 3. The summed E-state index contributed by atoms with van der Waals surface area (Å²) >= 11 is 0. The molecule has 6 nitrogen and oxygen atoms in total. The number of hydrogen-bond acceptors (Lipinski definition) is 5. The number of nitrogens with zero attached hydrogens (tertiary/aromatic N) is 1. The predicted octanol–water partition coefficient (Wildman–Crippen LogP) is 4.73. The summed E-state index contributed by atoms with van der Waals surface area (Å²) in [7, 11) is 0. The lowest BCUT2D eigenvalue weighted by molar-refractivity contribution is -0.147. The van der Waals surface area contributed by atoms with Gasteiger partial charge in [0.15, 0.2) is 11.5 Å². The van der Waals surface area contributed by atoms with E-state index in [9.17, 15) is 4.79 Å². The topological polar surface area (TPSA) is 74.0 Å². The zero-order valence-electron chi connectivity index (χ0n) is 20.3. The summed E-state index contributed by atoms with van der Waals surface area (Å²) in [6.45, 7) is 4.60. The molecule has 0 radical (unpaired) electrons. The molecule has 1 saturated heterocycles. The van der Waals surface area contributed by atoms with Gasteiger partial charge in [0.1, 0.15) is 6.10 Å². The van der Waals surface area contributed by atoms with E-state index in [2.05, 4.69) is 0 Å². The van der Waals surface area contributed by atoms with Gasteiger partial charge >= 0.3 is 0 Å². The molecule has 2 unspecified atom stereocenters. The zero-order valence-corrected chi connectivity index (χ0v) is 20.3. The average molecular weight is 467 g/mol. The van der Waals surface area contributed by atoms with Crippen molar-refractivity contribution in [1.82, 2.24) is 4.90 Å². The molecular weight excluding hydrogens is 428 g/mol. The Hall–Kier alpha value is -2.57. The quantitative estimate of drug-likeness (QED) is 0.578. The fourth-order valence-corrected chi connectivity index (χ4v) is 5.33. The summed E-state index contributed by atoms with van der Waals surface area (Å²) in [4.78, 5) is 15.7. The minimum absolute atomic E-state index is 0.0805. The lowest BCUT2D eigenvalue weighted by Crippen LogP contribution is -2.54. The molecule has 0 spiro atoms. The van der Waals surface area contributed by atoms with Gasteiger partial charge in [-0.3, -0.25) is 4.79 Å². The highest BCUT2D eigenvalue weighted by Gasteiger charge is 2.40. The summed E-state index contributed by atoms with van der Waals surface area (Å²) in [6.07, 6.45) is 5.72. The molecule has 1 amide bonds. The number of hydrogen-bond donors (Lipinski definition) is 1. The number of nitrogens with two attached hydrogens (primary N) is 1. The second-order valence-electron chi connectivity index (χ2n) is 9.50. The molecule has 0 aromatic heterocycles. The highest BCUT2D eigenvalue weighted by molar-refractivity contribution is 5.77. The largest absolute Gasteiger partial charge is 0.490 e. The maximum absolute atomic E-state index is 13.7. The maximum atomic E-state index is 13.7. The van der Waals surface area contributed by atoms with Crippen molar-refractivity contribution in [2.75, 3.05) is 32.9 Å². The van der Waals surface area contributed by atoms with Crippen LogP contribution in [-0.2, 0) is 9.53 Å². The smallest absolute Gasteiger partial charge is 0.223 e. The Labute approximate surface area is 203 Å². The second kappa shape index (κ2) is 11.7. The summed E-state index contributed by atoms with van der Waals surface area (Å²) < 4.78 is 18.3. The van der Waals surface area contributed by atoms with Crippen LogP contribution >= 0.6 is 0 Å². The number of carbonyl (C=O) groups excluding carboxylic acids is 1. The number of rotatable bonds is 9. The van der Waals surface area contributed by atoms with Gasteiger partial charge in [-0.15, -0.1) is 0 Å². The minimum Gasteiger partial charge on any atom is -0.490 e. The molecule has 1 heterocycles. The summed E-state index contributed by atoms with van der Waals surface area (Å²) in [5, 5.41) is 0. The van der Waals surface area contributed by atoms with Crippen molar-refractivity contribution < 1.29 is 19.0 Å². The molecule has 4 rings (SSSR count). The number of para-hydroxylation sites is 2. The predicted molar refractivity (Wildman–Crippen MR) is 133 cm³/mol. The van der Waals surface area contributed by atoms with Crippen molar-refractivity contribution in [3.8, 4) is 11.5 Å². The van der Waals surface area contributed by atoms with E-state index in [4.69, 9.17) is 19.9 Å². The summed E-state index contributed by atoms with van der Waals surface area (Å²) in [6, 6.07) is 17.6. The van der Waals surface area contributed by atoms with Gasteiger partial charge in [0.2, 0.25) is 5.91 Å². The van der Waals surface area contributed by atoms with Crippen molar-refractivity contribution in [1.29, 1.82) is 0 Å². The zero-order chi connectivity index (χ0) is 23.8. The lowest BCUT2D eigenvalue weighted by Gasteiger charge is -2.43. The average Bonchev–Trinajstić information content (AvgIpc) is 2.89. The minimum atomic E-state index is -0.382. The standard InChI is InChI=1S/C28H38N2O4/c1-2-33-24-13-7-8-14-25(24)34-27(22-11-5-3-6-12-22)23-20-32-18-17-30(23)26(31)19-28(21-29)15-9-4-10-16-28/h3,5-8,11-14,23,27H,2,4,9-10,15-21,29H2,1H3. The molecule has 2 aromatic carbocycles. The first kappa shape index (κ1) is 24.6. The SMILES string of the molecule is CCOc1ccccc1OC(c1ccccc1)C1COCCN1C(=O)CC1(CN)CCCCC1. The lowest BCUT2D eigenvalue weighted by atomic mass is 9.71. The molecule has 1 aliphatic carbocycles. The first-order valence-corrected chi connectivity index (χ1v) is 12.7. The van der Waals surface area contributed by atoms with E-state index in [0.29, 0.717) is 50.8 Å². The van der Waals surface area contributed by atoms with Crippen LogP contribution in [0.25, 0.3) is 0 Å². The fourth-order valence-electron chi connectivity index (χ4n) is 5.33. The van der Waals surface area contributed by atoms with Crippen LogP contribution < -0.4 is 15.2 Å². The van der Waals surface area contributed by atoms with Crippen LogP contribution in [0.5, 0.6) is 11.5 Å². The van der Waals surface area contributed by atoms with Crippen LogP contribution in [0.3, 0.4) is 0 Å². The molecule has 1 saturated carbocycles. The van der Waals surface area contributed by atoms with Gasteiger partial charge in [-0.25, -0.2) is 0 Å². The molecule has 184 valence electrons. The van der Waals surface area contributed by atoms with Crippen molar-refractivity contribution >= 4 is 5.91 Å². The van der Waals surface area contributed by atoms with E-state index in [1.807, 2.05) is 66.4 Å². The molecule has 0 bridgehead atoms. The molecule has 34 heavy (non-hydrogen) atoms. The van der Waals surface area contributed by atoms with E-state index in [1.165, 1.54) is 6.42 Å². The van der Waals surface area contributed by atoms with E-state index in [-0.39, 0.29) is 23.5 Å². The van der Waals surface area contributed by atoms with Crippen molar-refractivity contribution in [3.05, 3.63) is 60.2 Å². The van der Waals surface area contributed by atoms with E-state index in [1.54, 1.807) is 0 Å². The monoisotopic (exact) mass is 466 g/mol. The summed E-state index contributed by atoms with van der Waals surface area (Å²) in [5.74, 6) is 1.52. The van der Waals surface area contributed by atoms with Gasteiger partial charge in [-0.1, -0.05) is 61.7 Å². The van der Waals surface area contributed by atoms with Gasteiger partial charge in [-0.05, 0) is 49.4 Å². The Morgan fingerprint density at radius 2 is 1.79 bits per heavy atom. The van der Waals surface area contributed by atoms with Gasteiger partial charge < -0.3 is 24.8 Å². The highest BCUT2D eigenvalue weighted by Crippen LogP contribution is 2.40. The summed E-state index contributed by atoms with van der Waals surface area (Å²) in [5.41, 5.74) is 7.14. The molecule has 1 aliphatic heterocycles. The fraction of sp³-hybridized carbons (Fsp3) is 0.536. The van der Waals surface area contributed by atoms with E-state index < -0.39 is 0 Å². The Bertz CT molecular complexity index is 914. The second-order valence-corrected chi connectivity index (χ2v) is 9.50. The van der Waals surface area contributed by atoms with E-state index >= 15 is 0 Å². The van der Waals surface area contributed by atoms with Crippen LogP contribution in [0.1, 0.15) is 57.1 Å². The maximum Gasteiger partial charge on any atom is 0.223 e. The van der Waals surface area contributed by atoms with E-state index in [0.717, 1.165) is 31.2 Å². The number of benzene rings is 2. The van der Waals surface area contributed by atoms with Crippen LogP contribution in [0.2, 0.25) is 0 Å². The third-order valence-corrected chi connectivity index (χ3v) is 7.24. The molecular formula is C28H38N2O4. The third kappa shape index (κ3) is 5.73. The van der Waals surface area contributed by atoms with Crippen LogP contribution in [0.15, 0.2) is 54.6 Å². The first-order valence-electron chi connectivity index (χ1n) is 12.7. The highest BCUT2D eigenvalue weighted by atomic mass is 16.5. The van der Waals surface area contributed by atoms with Crippen LogP contribution in [-0.4, -0.2) is 49.8 Å². The van der Waals surface area contributed by atoms with Gasteiger partial charge in [0.25, 0.3) is 0 Å². The number of carbonyl (C=O) groups is 1. The molecule has 2 aromatic rings. The molecule has 2 aliphatic rings. The Kier molecular flexibility index (Phi) is 8.46. The van der Waals surface area contributed by atoms with Crippen LogP contribution in [0.4, 0.5) is 0 Å². The first-order chi connectivity index (χ1) is 16.7. The van der Waals surface area contributed by atoms with Crippen molar-refractivity contribution in [2.45, 2.75) is 57.6 Å². The van der Waals surface area contributed by atoms with Gasteiger partial charge in [-0.2, -0.15) is 0 Å². The number of morpholine rings is 1.